The van der Waals surface area contributed by atoms with Crippen molar-refractivity contribution in [1.29, 1.82) is 0 Å². The summed E-state index contributed by atoms with van der Waals surface area (Å²) in [6.07, 6.45) is 3.28. The second kappa shape index (κ2) is 5.81. The Kier molecular flexibility index (Phi) is 4.66. The molecule has 0 aliphatic rings. The van der Waals surface area contributed by atoms with Gasteiger partial charge in [0.05, 0.1) is 5.69 Å². The first-order chi connectivity index (χ1) is 6.76. The predicted octanol–water partition coefficient (Wildman–Crippen LogP) is 2.04. The van der Waals surface area contributed by atoms with Crippen LogP contribution >= 0.6 is 0 Å². The molecule has 1 aromatic heterocycles. The Bertz CT molecular complexity index is 255. The quantitative estimate of drug-likeness (QED) is 0.752. The van der Waals surface area contributed by atoms with Gasteiger partial charge in [-0.2, -0.15) is 5.10 Å². The van der Waals surface area contributed by atoms with Crippen molar-refractivity contribution < 1.29 is 0 Å². The lowest BCUT2D eigenvalue weighted by Gasteiger charge is -2.07. The maximum atomic E-state index is 4.49. The lowest BCUT2D eigenvalue weighted by atomic mass is 10.1. The van der Waals surface area contributed by atoms with Crippen molar-refractivity contribution >= 4 is 0 Å². The van der Waals surface area contributed by atoms with Gasteiger partial charge >= 0.3 is 0 Å². The van der Waals surface area contributed by atoms with E-state index in [-0.39, 0.29) is 0 Å². The van der Waals surface area contributed by atoms with E-state index in [0.717, 1.165) is 25.3 Å². The van der Waals surface area contributed by atoms with Crippen molar-refractivity contribution in [3.05, 3.63) is 18.0 Å². The van der Waals surface area contributed by atoms with E-state index in [1.807, 2.05) is 4.68 Å². The number of aromatic nitrogens is 2. The molecule has 0 bridgehead atoms. The minimum Gasteiger partial charge on any atom is -0.311 e. The minimum atomic E-state index is 0.710. The first kappa shape index (κ1) is 11.2. The van der Waals surface area contributed by atoms with Crippen molar-refractivity contribution in [1.82, 2.24) is 15.1 Å². The summed E-state index contributed by atoms with van der Waals surface area (Å²) >= 11 is 0. The van der Waals surface area contributed by atoms with Gasteiger partial charge in [-0.15, -0.1) is 0 Å². The van der Waals surface area contributed by atoms with Gasteiger partial charge < -0.3 is 5.32 Å². The van der Waals surface area contributed by atoms with E-state index in [9.17, 15) is 0 Å². The van der Waals surface area contributed by atoms with E-state index >= 15 is 0 Å². The summed E-state index contributed by atoms with van der Waals surface area (Å²) in [6.45, 7) is 9.49. The topological polar surface area (TPSA) is 29.9 Å². The lowest BCUT2D eigenvalue weighted by molar-refractivity contribution is 0.436. The van der Waals surface area contributed by atoms with E-state index in [4.69, 9.17) is 0 Å². The number of hydrogen-bond donors (Lipinski definition) is 1. The number of nitrogens with one attached hydrogen (secondary N) is 1. The third kappa shape index (κ3) is 3.50. The van der Waals surface area contributed by atoms with E-state index in [2.05, 4.69) is 43.4 Å². The highest BCUT2D eigenvalue weighted by molar-refractivity contribution is 4.98. The van der Waals surface area contributed by atoms with Crippen LogP contribution in [0, 0.1) is 5.92 Å². The van der Waals surface area contributed by atoms with Crippen LogP contribution in [-0.4, -0.2) is 16.3 Å². The van der Waals surface area contributed by atoms with Crippen LogP contribution in [0.4, 0.5) is 0 Å². The summed E-state index contributed by atoms with van der Waals surface area (Å²) in [5.74, 6) is 0.710. The Morgan fingerprint density at radius 3 is 2.93 bits per heavy atom. The molecular weight excluding hydrogens is 174 g/mol. The van der Waals surface area contributed by atoms with Crippen LogP contribution in [0.1, 0.15) is 32.9 Å². The highest BCUT2D eigenvalue weighted by Gasteiger charge is 2.02. The third-order valence-corrected chi connectivity index (χ3v) is 2.45. The Labute approximate surface area is 86.5 Å². The second-order valence-electron chi connectivity index (χ2n) is 3.82. The molecule has 0 spiro atoms. The summed E-state index contributed by atoms with van der Waals surface area (Å²) in [5.41, 5.74) is 1.13. The normalized spacial score (nSPS) is 13.1. The SMILES string of the molecule is CCNCc1ccn(CC(C)CC)n1. The molecule has 1 aromatic rings. The maximum Gasteiger partial charge on any atom is 0.0762 e. The molecule has 0 aromatic carbocycles. The molecule has 1 N–H and O–H groups in total. The van der Waals surface area contributed by atoms with Gasteiger partial charge in [0.2, 0.25) is 0 Å². The molecule has 0 saturated heterocycles. The van der Waals surface area contributed by atoms with Gasteiger partial charge in [0.1, 0.15) is 0 Å². The Morgan fingerprint density at radius 1 is 1.50 bits per heavy atom. The molecular formula is C11H21N3. The van der Waals surface area contributed by atoms with Crippen LogP contribution in [0.15, 0.2) is 12.3 Å². The molecule has 3 nitrogen and oxygen atoms in total. The van der Waals surface area contributed by atoms with Crippen molar-refractivity contribution in [3.63, 3.8) is 0 Å². The fourth-order valence-corrected chi connectivity index (χ4v) is 1.30. The zero-order valence-electron chi connectivity index (χ0n) is 9.45. The first-order valence-corrected chi connectivity index (χ1v) is 5.49. The van der Waals surface area contributed by atoms with Gasteiger partial charge in [0, 0.05) is 19.3 Å². The van der Waals surface area contributed by atoms with Crippen molar-refractivity contribution in [3.8, 4) is 0 Å². The van der Waals surface area contributed by atoms with Crippen LogP contribution in [0.3, 0.4) is 0 Å². The minimum absolute atomic E-state index is 0.710. The Hall–Kier alpha value is -0.830. The van der Waals surface area contributed by atoms with E-state index < -0.39 is 0 Å². The van der Waals surface area contributed by atoms with E-state index in [1.165, 1.54) is 6.42 Å². The molecule has 1 rings (SSSR count). The zero-order valence-corrected chi connectivity index (χ0v) is 9.45. The molecule has 0 saturated carbocycles. The average molecular weight is 195 g/mol. The Balaban J connectivity index is 2.42. The molecule has 0 fully saturated rings. The summed E-state index contributed by atoms with van der Waals surface area (Å²) < 4.78 is 2.04. The summed E-state index contributed by atoms with van der Waals surface area (Å²) in [4.78, 5) is 0. The predicted molar refractivity (Wildman–Crippen MR) is 59.1 cm³/mol. The van der Waals surface area contributed by atoms with Crippen LogP contribution < -0.4 is 5.32 Å². The van der Waals surface area contributed by atoms with E-state index in [1.54, 1.807) is 0 Å². The number of hydrogen-bond acceptors (Lipinski definition) is 2. The molecule has 80 valence electrons. The maximum absolute atomic E-state index is 4.49. The number of rotatable bonds is 6. The monoisotopic (exact) mass is 195 g/mol. The standard InChI is InChI=1S/C11H21N3/c1-4-10(3)9-14-7-6-11(13-14)8-12-5-2/h6-7,10,12H,4-5,8-9H2,1-3H3. The smallest absolute Gasteiger partial charge is 0.0762 e. The Morgan fingerprint density at radius 2 is 2.29 bits per heavy atom. The fourth-order valence-electron chi connectivity index (χ4n) is 1.30. The third-order valence-electron chi connectivity index (χ3n) is 2.45. The summed E-state index contributed by atoms with van der Waals surface area (Å²) in [7, 11) is 0. The highest BCUT2D eigenvalue weighted by atomic mass is 15.3. The van der Waals surface area contributed by atoms with E-state index in [0.29, 0.717) is 5.92 Å². The molecule has 3 heteroatoms. The van der Waals surface area contributed by atoms with Gasteiger partial charge in [-0.1, -0.05) is 27.2 Å². The van der Waals surface area contributed by atoms with Crippen molar-refractivity contribution in [2.24, 2.45) is 5.92 Å². The molecule has 1 atom stereocenters. The van der Waals surface area contributed by atoms with Crippen molar-refractivity contribution in [2.45, 2.75) is 40.3 Å². The molecule has 0 amide bonds. The van der Waals surface area contributed by atoms with Crippen molar-refractivity contribution in [2.75, 3.05) is 6.54 Å². The molecule has 14 heavy (non-hydrogen) atoms. The van der Waals surface area contributed by atoms with Crippen LogP contribution in [0.5, 0.6) is 0 Å². The molecule has 0 aliphatic heterocycles. The van der Waals surface area contributed by atoms with Crippen LogP contribution in [-0.2, 0) is 13.1 Å². The molecule has 1 heterocycles. The van der Waals surface area contributed by atoms with Crippen LogP contribution in [0.2, 0.25) is 0 Å². The zero-order chi connectivity index (χ0) is 10.4. The molecule has 1 unspecified atom stereocenters. The first-order valence-electron chi connectivity index (χ1n) is 5.49. The molecule has 0 radical (unpaired) electrons. The lowest BCUT2D eigenvalue weighted by Crippen LogP contribution is -2.13. The van der Waals surface area contributed by atoms with Gasteiger partial charge in [0.15, 0.2) is 0 Å². The summed E-state index contributed by atoms with van der Waals surface area (Å²) in [5, 5.41) is 7.76. The second-order valence-corrected chi connectivity index (χ2v) is 3.82. The van der Waals surface area contributed by atoms with Gasteiger partial charge in [0.25, 0.3) is 0 Å². The fraction of sp³-hybridized carbons (Fsp3) is 0.727. The van der Waals surface area contributed by atoms with Gasteiger partial charge in [-0.05, 0) is 18.5 Å². The largest absolute Gasteiger partial charge is 0.311 e. The van der Waals surface area contributed by atoms with Crippen LogP contribution in [0.25, 0.3) is 0 Å². The highest BCUT2D eigenvalue weighted by Crippen LogP contribution is 2.04. The summed E-state index contributed by atoms with van der Waals surface area (Å²) in [6, 6.07) is 2.09. The number of nitrogens with zero attached hydrogens (tertiary/aromatic N) is 2. The van der Waals surface area contributed by atoms with Gasteiger partial charge in [-0.3, -0.25) is 4.68 Å². The van der Waals surface area contributed by atoms with Gasteiger partial charge in [-0.25, -0.2) is 0 Å². The molecule has 0 aliphatic carbocycles. The average Bonchev–Trinajstić information content (AvgIpc) is 2.62.